The van der Waals surface area contributed by atoms with Gasteiger partial charge in [0.15, 0.2) is 0 Å². The Morgan fingerprint density at radius 1 is 1.48 bits per heavy atom. The van der Waals surface area contributed by atoms with Gasteiger partial charge in [0, 0.05) is 36.6 Å². The zero-order chi connectivity index (χ0) is 15.2. The van der Waals surface area contributed by atoms with Crippen molar-refractivity contribution in [3.05, 3.63) is 17.7 Å². The molecule has 118 valence electrons. The molecule has 1 N–H and O–H groups in total. The summed E-state index contributed by atoms with van der Waals surface area (Å²) in [6, 6.07) is 0. The Morgan fingerprint density at radius 2 is 2.29 bits per heavy atom. The Balaban J connectivity index is 2.20. The van der Waals surface area contributed by atoms with Gasteiger partial charge in [-0.3, -0.25) is 0 Å². The number of nitrogens with zero attached hydrogens (tertiary/aromatic N) is 3. The number of aromatic nitrogens is 2. The maximum atomic E-state index is 4.82. The Bertz CT molecular complexity index is 450. The van der Waals surface area contributed by atoms with Crippen molar-refractivity contribution < 1.29 is 0 Å². The minimum absolute atomic E-state index is 0.375. The molecule has 1 aliphatic heterocycles. The summed E-state index contributed by atoms with van der Waals surface area (Å²) in [6.07, 6.45) is 3.18. The average Bonchev–Trinajstić information content (AvgIpc) is 2.47. The van der Waals surface area contributed by atoms with Gasteiger partial charge in [-0.25, -0.2) is 9.97 Å². The Labute approximate surface area is 133 Å². The first-order valence-corrected chi connectivity index (χ1v) is 9.09. The van der Waals surface area contributed by atoms with Gasteiger partial charge in [0.25, 0.3) is 0 Å². The molecule has 1 aromatic heterocycles. The molecule has 0 aromatic carbocycles. The molecule has 1 atom stereocenters. The van der Waals surface area contributed by atoms with Crippen LogP contribution >= 0.6 is 11.8 Å². The van der Waals surface area contributed by atoms with Crippen LogP contribution in [-0.4, -0.2) is 40.6 Å². The molecule has 0 saturated carbocycles. The van der Waals surface area contributed by atoms with Crippen LogP contribution < -0.4 is 10.2 Å². The van der Waals surface area contributed by atoms with Gasteiger partial charge in [0.05, 0.1) is 17.6 Å². The van der Waals surface area contributed by atoms with E-state index in [2.05, 4.69) is 54.7 Å². The minimum Gasteiger partial charge on any atom is -0.367 e. The molecule has 2 rings (SSSR count). The highest BCUT2D eigenvalue weighted by molar-refractivity contribution is 8.00. The summed E-state index contributed by atoms with van der Waals surface area (Å²) >= 11 is 2.05. The first-order valence-electron chi connectivity index (χ1n) is 8.04. The van der Waals surface area contributed by atoms with E-state index in [4.69, 9.17) is 4.98 Å². The third kappa shape index (κ3) is 4.58. The maximum Gasteiger partial charge on any atom is 0.131 e. The molecule has 4 nitrogen and oxygen atoms in total. The predicted molar refractivity (Wildman–Crippen MR) is 92.3 cm³/mol. The maximum absolute atomic E-state index is 4.82. The largest absolute Gasteiger partial charge is 0.367 e. The van der Waals surface area contributed by atoms with Gasteiger partial charge in [0.2, 0.25) is 0 Å². The van der Waals surface area contributed by atoms with E-state index >= 15 is 0 Å². The van der Waals surface area contributed by atoms with Gasteiger partial charge in [-0.05, 0) is 13.0 Å². The third-order valence-electron chi connectivity index (χ3n) is 3.68. The van der Waals surface area contributed by atoms with Crippen LogP contribution in [0.4, 0.5) is 5.69 Å². The Kier molecular flexibility index (Phi) is 6.30. The molecule has 0 spiro atoms. The quantitative estimate of drug-likeness (QED) is 0.818. The van der Waals surface area contributed by atoms with Crippen molar-refractivity contribution in [1.29, 1.82) is 0 Å². The zero-order valence-electron chi connectivity index (χ0n) is 13.7. The number of nitrogens with one attached hydrogen (secondary N) is 1. The highest BCUT2D eigenvalue weighted by Gasteiger charge is 2.21. The zero-order valence-corrected chi connectivity index (χ0v) is 14.5. The lowest BCUT2D eigenvalue weighted by molar-refractivity contribution is 0.646. The molecule has 0 amide bonds. The standard InChI is InChI=1S/C16H28N4S/c1-5-6-17-9-14-15(10-18-16(19-14)12(2)3)20-7-8-21-13(4)11-20/h10,12-13,17H,5-9,11H2,1-4H3. The normalized spacial score (nSPS) is 19.3. The monoisotopic (exact) mass is 308 g/mol. The van der Waals surface area contributed by atoms with Crippen LogP contribution in [0.2, 0.25) is 0 Å². The van der Waals surface area contributed by atoms with Gasteiger partial charge >= 0.3 is 0 Å². The van der Waals surface area contributed by atoms with Gasteiger partial charge < -0.3 is 10.2 Å². The van der Waals surface area contributed by atoms with Crippen LogP contribution in [0.1, 0.15) is 51.6 Å². The fraction of sp³-hybridized carbons (Fsp3) is 0.750. The van der Waals surface area contributed by atoms with Crippen molar-refractivity contribution in [2.24, 2.45) is 0 Å². The van der Waals surface area contributed by atoms with E-state index in [-0.39, 0.29) is 0 Å². The molecule has 1 fully saturated rings. The summed E-state index contributed by atoms with van der Waals surface area (Å²) in [5.41, 5.74) is 2.37. The first kappa shape index (κ1) is 16.6. The highest BCUT2D eigenvalue weighted by atomic mass is 32.2. The molecule has 1 aliphatic rings. The van der Waals surface area contributed by atoms with Crippen LogP contribution in [0.15, 0.2) is 6.20 Å². The molecule has 2 heterocycles. The van der Waals surface area contributed by atoms with Crippen LogP contribution in [0.25, 0.3) is 0 Å². The number of thioether (sulfide) groups is 1. The predicted octanol–water partition coefficient (Wildman–Crippen LogP) is 3.04. The van der Waals surface area contributed by atoms with Crippen molar-refractivity contribution in [3.8, 4) is 0 Å². The lowest BCUT2D eigenvalue weighted by atomic mass is 10.2. The lowest BCUT2D eigenvalue weighted by Crippen LogP contribution is -2.38. The summed E-state index contributed by atoms with van der Waals surface area (Å²) in [6.45, 7) is 12.9. The van der Waals surface area contributed by atoms with Gasteiger partial charge in [-0.2, -0.15) is 11.8 Å². The number of anilines is 1. The average molecular weight is 308 g/mol. The third-order valence-corrected chi connectivity index (χ3v) is 4.82. The molecular weight excluding hydrogens is 280 g/mol. The molecule has 1 saturated heterocycles. The molecule has 0 radical (unpaired) electrons. The van der Waals surface area contributed by atoms with Crippen LogP contribution in [0.5, 0.6) is 0 Å². The van der Waals surface area contributed by atoms with Crippen LogP contribution in [0.3, 0.4) is 0 Å². The van der Waals surface area contributed by atoms with E-state index in [0.717, 1.165) is 44.1 Å². The first-order chi connectivity index (χ1) is 10.1. The molecule has 0 aliphatic carbocycles. The molecule has 1 unspecified atom stereocenters. The SMILES string of the molecule is CCCNCc1nc(C(C)C)ncc1N1CCSC(C)C1. The smallest absolute Gasteiger partial charge is 0.131 e. The van der Waals surface area contributed by atoms with Crippen LogP contribution in [0, 0.1) is 0 Å². The number of rotatable bonds is 6. The number of hydrogen-bond donors (Lipinski definition) is 1. The number of hydrogen-bond acceptors (Lipinski definition) is 5. The summed E-state index contributed by atoms with van der Waals surface area (Å²) in [5.74, 6) is 2.51. The lowest BCUT2D eigenvalue weighted by Gasteiger charge is -2.33. The second-order valence-electron chi connectivity index (χ2n) is 6.02. The topological polar surface area (TPSA) is 41.1 Å². The van der Waals surface area contributed by atoms with Crippen molar-refractivity contribution >= 4 is 17.4 Å². The summed E-state index contributed by atoms with van der Waals surface area (Å²) in [5, 5.41) is 4.17. The van der Waals surface area contributed by atoms with E-state index in [1.807, 2.05) is 6.20 Å². The van der Waals surface area contributed by atoms with Crippen molar-refractivity contribution in [3.63, 3.8) is 0 Å². The Hall–Kier alpha value is -0.810. The Morgan fingerprint density at radius 3 is 2.95 bits per heavy atom. The van der Waals surface area contributed by atoms with Crippen molar-refractivity contribution in [1.82, 2.24) is 15.3 Å². The fourth-order valence-corrected chi connectivity index (χ4v) is 3.53. The van der Waals surface area contributed by atoms with Crippen LogP contribution in [-0.2, 0) is 6.54 Å². The van der Waals surface area contributed by atoms with E-state index in [1.54, 1.807) is 0 Å². The van der Waals surface area contributed by atoms with Crippen molar-refractivity contribution in [2.45, 2.75) is 51.8 Å². The molecular formula is C16H28N4S. The van der Waals surface area contributed by atoms with Crippen molar-refractivity contribution in [2.75, 3.05) is 30.3 Å². The minimum atomic E-state index is 0.375. The van der Waals surface area contributed by atoms with E-state index < -0.39 is 0 Å². The second-order valence-corrected chi connectivity index (χ2v) is 7.57. The highest BCUT2D eigenvalue weighted by Crippen LogP contribution is 2.26. The van der Waals surface area contributed by atoms with Gasteiger partial charge in [0.1, 0.15) is 5.82 Å². The van der Waals surface area contributed by atoms with E-state index in [9.17, 15) is 0 Å². The van der Waals surface area contributed by atoms with E-state index in [1.165, 1.54) is 11.4 Å². The van der Waals surface area contributed by atoms with Gasteiger partial charge in [-0.15, -0.1) is 0 Å². The van der Waals surface area contributed by atoms with E-state index in [0.29, 0.717) is 11.2 Å². The summed E-state index contributed by atoms with van der Waals surface area (Å²) in [4.78, 5) is 11.9. The molecule has 1 aromatic rings. The summed E-state index contributed by atoms with van der Waals surface area (Å²) in [7, 11) is 0. The summed E-state index contributed by atoms with van der Waals surface area (Å²) < 4.78 is 0. The second kappa shape index (κ2) is 7.99. The fourth-order valence-electron chi connectivity index (χ4n) is 2.52. The van der Waals surface area contributed by atoms with Gasteiger partial charge in [-0.1, -0.05) is 27.7 Å². The molecule has 5 heteroatoms. The molecule has 0 bridgehead atoms. The molecule has 21 heavy (non-hydrogen) atoms.